The molecule has 9 nitrogen and oxygen atoms in total. The SMILES string of the molecule is Cc1cccc(-c2nn(C(=S)Nc3cccc(C(N)=O)c3)cc2-c2ccc3nc(C)nn3c2)n1. The number of carbonyl (C=O) groups excluding carboxylic acids is 1. The molecule has 3 N–H and O–H groups in total. The highest BCUT2D eigenvalue weighted by molar-refractivity contribution is 7.80. The zero-order valence-corrected chi connectivity index (χ0v) is 19.2. The molecule has 4 aromatic heterocycles. The third kappa shape index (κ3) is 4.14. The van der Waals surface area contributed by atoms with Crippen molar-refractivity contribution in [2.75, 3.05) is 5.32 Å². The molecule has 5 rings (SSSR count). The minimum atomic E-state index is -0.512. The van der Waals surface area contributed by atoms with Gasteiger partial charge in [0.15, 0.2) is 10.8 Å². The van der Waals surface area contributed by atoms with Crippen LogP contribution in [0.1, 0.15) is 21.9 Å². The molecule has 0 unspecified atom stereocenters. The van der Waals surface area contributed by atoms with E-state index in [1.54, 1.807) is 33.5 Å². The number of nitrogens with one attached hydrogen (secondary N) is 1. The van der Waals surface area contributed by atoms with Crippen molar-refractivity contribution in [3.05, 3.63) is 84.1 Å². The number of primary amides is 1. The zero-order chi connectivity index (χ0) is 23.8. The van der Waals surface area contributed by atoms with E-state index in [4.69, 9.17) is 23.1 Å². The van der Waals surface area contributed by atoms with Gasteiger partial charge in [-0.3, -0.25) is 9.78 Å². The van der Waals surface area contributed by atoms with Gasteiger partial charge in [0, 0.05) is 40.5 Å². The highest BCUT2D eigenvalue weighted by Crippen LogP contribution is 2.30. The van der Waals surface area contributed by atoms with Gasteiger partial charge in [-0.25, -0.2) is 14.2 Å². The van der Waals surface area contributed by atoms with Crippen molar-refractivity contribution in [3.63, 3.8) is 0 Å². The Kier molecular flexibility index (Phi) is 5.34. The fraction of sp³-hybridized carbons (Fsp3) is 0.0833. The van der Waals surface area contributed by atoms with Gasteiger partial charge in [0.25, 0.3) is 0 Å². The van der Waals surface area contributed by atoms with E-state index in [0.717, 1.165) is 28.2 Å². The van der Waals surface area contributed by atoms with Crippen molar-refractivity contribution in [2.24, 2.45) is 5.73 Å². The lowest BCUT2D eigenvalue weighted by atomic mass is 10.1. The topological polar surface area (TPSA) is 116 Å². The Balaban J connectivity index is 1.58. The summed E-state index contributed by atoms with van der Waals surface area (Å²) in [4.78, 5) is 20.6. The smallest absolute Gasteiger partial charge is 0.248 e. The summed E-state index contributed by atoms with van der Waals surface area (Å²) in [6.07, 6.45) is 3.75. The van der Waals surface area contributed by atoms with Crippen molar-refractivity contribution in [1.82, 2.24) is 29.4 Å². The van der Waals surface area contributed by atoms with E-state index in [9.17, 15) is 4.79 Å². The number of rotatable bonds is 4. The molecule has 0 aliphatic carbocycles. The molecule has 34 heavy (non-hydrogen) atoms. The van der Waals surface area contributed by atoms with E-state index in [1.807, 2.05) is 56.6 Å². The number of nitrogens with two attached hydrogens (primary N) is 1. The fourth-order valence-electron chi connectivity index (χ4n) is 3.64. The van der Waals surface area contributed by atoms with Crippen LogP contribution < -0.4 is 11.1 Å². The second kappa shape index (κ2) is 8.49. The van der Waals surface area contributed by atoms with Crippen LogP contribution >= 0.6 is 12.2 Å². The van der Waals surface area contributed by atoms with Crippen molar-refractivity contribution >= 4 is 34.6 Å². The van der Waals surface area contributed by atoms with Crippen molar-refractivity contribution in [1.29, 1.82) is 0 Å². The number of fused-ring (bicyclic) bond motifs is 1. The van der Waals surface area contributed by atoms with Crippen LogP contribution in [0.25, 0.3) is 28.2 Å². The molecule has 168 valence electrons. The summed E-state index contributed by atoms with van der Waals surface area (Å²) in [5.41, 5.74) is 11.2. The highest BCUT2D eigenvalue weighted by Gasteiger charge is 2.17. The molecule has 10 heteroatoms. The Morgan fingerprint density at radius 1 is 1.00 bits per heavy atom. The first-order chi connectivity index (χ1) is 16.4. The number of thiocarbonyl (C=S) groups is 1. The number of carbonyl (C=O) groups is 1. The van der Waals surface area contributed by atoms with Gasteiger partial charge >= 0.3 is 0 Å². The Bertz CT molecular complexity index is 1570. The summed E-state index contributed by atoms with van der Waals surface area (Å²) in [7, 11) is 0. The lowest BCUT2D eigenvalue weighted by Crippen LogP contribution is -2.20. The molecule has 0 radical (unpaired) electrons. The number of pyridine rings is 2. The summed E-state index contributed by atoms with van der Waals surface area (Å²) in [6.45, 7) is 3.78. The van der Waals surface area contributed by atoms with Crippen LogP contribution in [0.5, 0.6) is 0 Å². The largest absolute Gasteiger partial charge is 0.366 e. The molecule has 4 heterocycles. The Labute approximate surface area is 200 Å². The molecule has 0 saturated heterocycles. The third-order valence-corrected chi connectivity index (χ3v) is 5.49. The molecule has 1 aromatic carbocycles. The van der Waals surface area contributed by atoms with Crippen molar-refractivity contribution in [2.45, 2.75) is 13.8 Å². The molecule has 0 aliphatic rings. The number of aryl methyl sites for hydroxylation is 2. The first kappa shape index (κ1) is 21.4. The molecule has 5 aromatic rings. The maximum atomic E-state index is 11.5. The van der Waals surface area contributed by atoms with E-state index in [2.05, 4.69) is 20.4 Å². The van der Waals surface area contributed by atoms with Crippen LogP contribution in [0.4, 0.5) is 5.69 Å². The number of anilines is 1. The molecular formula is C24H20N8OS. The van der Waals surface area contributed by atoms with Gasteiger partial charge in [0.1, 0.15) is 11.5 Å². The standard InChI is InChI=1S/C24H20N8OS/c1-14-5-3-8-20(26-14)22-19(17-9-10-21-27-15(2)29-31(21)12-17)13-32(30-22)24(34)28-18-7-4-6-16(11-18)23(25)33/h3-13H,1-2H3,(H2,25,33)(H,28,34). The van der Waals surface area contributed by atoms with E-state index in [1.165, 1.54) is 0 Å². The number of nitrogens with zero attached hydrogens (tertiary/aromatic N) is 6. The zero-order valence-electron chi connectivity index (χ0n) is 18.4. The monoisotopic (exact) mass is 468 g/mol. The van der Waals surface area contributed by atoms with Gasteiger partial charge in [0.05, 0.1) is 5.69 Å². The Morgan fingerprint density at radius 3 is 2.62 bits per heavy atom. The maximum Gasteiger partial charge on any atom is 0.248 e. The molecule has 0 saturated carbocycles. The minimum absolute atomic E-state index is 0.333. The third-order valence-electron chi connectivity index (χ3n) is 5.20. The predicted octanol–water partition coefficient (Wildman–Crippen LogP) is 3.62. The first-order valence-corrected chi connectivity index (χ1v) is 10.9. The molecule has 0 spiro atoms. The van der Waals surface area contributed by atoms with E-state index >= 15 is 0 Å². The summed E-state index contributed by atoms with van der Waals surface area (Å²) in [6, 6.07) is 16.5. The van der Waals surface area contributed by atoms with Crippen LogP contribution in [0.2, 0.25) is 0 Å². The van der Waals surface area contributed by atoms with Gasteiger partial charge in [0.2, 0.25) is 5.91 Å². The molecule has 0 bridgehead atoms. The molecular weight excluding hydrogens is 448 g/mol. The van der Waals surface area contributed by atoms with Gasteiger partial charge in [-0.05, 0) is 68.5 Å². The van der Waals surface area contributed by atoms with Crippen LogP contribution in [0.15, 0.2) is 67.0 Å². The number of amides is 1. The number of hydrogen-bond acceptors (Lipinski definition) is 6. The number of aromatic nitrogens is 6. The Hall–Kier alpha value is -4.44. The Morgan fingerprint density at radius 2 is 1.82 bits per heavy atom. The fourth-order valence-corrected chi connectivity index (χ4v) is 3.85. The summed E-state index contributed by atoms with van der Waals surface area (Å²) in [5.74, 6) is 0.180. The van der Waals surface area contributed by atoms with Gasteiger partial charge in [-0.2, -0.15) is 10.2 Å². The summed E-state index contributed by atoms with van der Waals surface area (Å²) >= 11 is 5.62. The number of hydrogen-bond donors (Lipinski definition) is 2. The minimum Gasteiger partial charge on any atom is -0.366 e. The summed E-state index contributed by atoms with van der Waals surface area (Å²) < 4.78 is 3.32. The van der Waals surface area contributed by atoms with E-state index in [0.29, 0.717) is 27.9 Å². The van der Waals surface area contributed by atoms with Crippen LogP contribution in [0.3, 0.4) is 0 Å². The van der Waals surface area contributed by atoms with Crippen LogP contribution in [0, 0.1) is 13.8 Å². The average molecular weight is 469 g/mol. The number of benzene rings is 1. The second-order valence-electron chi connectivity index (χ2n) is 7.75. The first-order valence-electron chi connectivity index (χ1n) is 10.5. The molecule has 0 fully saturated rings. The predicted molar refractivity (Wildman–Crippen MR) is 133 cm³/mol. The van der Waals surface area contributed by atoms with Crippen molar-refractivity contribution < 1.29 is 4.79 Å². The average Bonchev–Trinajstić information content (AvgIpc) is 3.42. The lowest BCUT2D eigenvalue weighted by molar-refractivity contribution is 0.100. The quantitative estimate of drug-likeness (QED) is 0.387. The molecule has 0 aliphatic heterocycles. The van der Waals surface area contributed by atoms with Gasteiger partial charge < -0.3 is 11.1 Å². The second-order valence-corrected chi connectivity index (χ2v) is 8.14. The molecule has 0 atom stereocenters. The van der Waals surface area contributed by atoms with Crippen molar-refractivity contribution in [3.8, 4) is 22.5 Å². The van der Waals surface area contributed by atoms with Crippen LogP contribution in [-0.2, 0) is 0 Å². The lowest BCUT2D eigenvalue weighted by Gasteiger charge is -2.08. The van der Waals surface area contributed by atoms with Gasteiger partial charge in [-0.1, -0.05) is 12.1 Å². The van der Waals surface area contributed by atoms with E-state index in [-0.39, 0.29) is 0 Å². The molecule has 1 amide bonds. The van der Waals surface area contributed by atoms with E-state index < -0.39 is 5.91 Å². The normalized spacial score (nSPS) is 11.0. The van der Waals surface area contributed by atoms with Crippen LogP contribution in [-0.4, -0.2) is 40.4 Å². The van der Waals surface area contributed by atoms with Gasteiger partial charge in [-0.15, -0.1) is 0 Å². The summed E-state index contributed by atoms with van der Waals surface area (Å²) in [5, 5.41) is 12.6. The maximum absolute atomic E-state index is 11.5. The highest BCUT2D eigenvalue weighted by atomic mass is 32.1.